The first kappa shape index (κ1) is 12.0. The minimum atomic E-state index is 0.110. The molecule has 2 N–H and O–H groups in total. The van der Waals surface area contributed by atoms with Gasteiger partial charge in [-0.2, -0.15) is 5.10 Å². The fourth-order valence-electron chi connectivity index (χ4n) is 2.04. The van der Waals surface area contributed by atoms with Gasteiger partial charge in [-0.15, -0.1) is 0 Å². The standard InChI is InChI=1S/C11H19N5O/c1-9-2-4-15(6-10(9)12)11(17)3-5-16-8-13-7-14-16/h7-10H,2-6,12H2,1H3. The summed E-state index contributed by atoms with van der Waals surface area (Å²) in [6.07, 6.45) is 4.56. The van der Waals surface area contributed by atoms with Crippen LogP contribution in [0.4, 0.5) is 0 Å². The summed E-state index contributed by atoms with van der Waals surface area (Å²) in [6.45, 7) is 4.23. The predicted octanol–water partition coefficient (Wildman–Crippen LogP) is -0.136. The van der Waals surface area contributed by atoms with Gasteiger partial charge >= 0.3 is 0 Å². The van der Waals surface area contributed by atoms with E-state index in [4.69, 9.17) is 5.73 Å². The van der Waals surface area contributed by atoms with E-state index in [1.807, 2.05) is 4.90 Å². The van der Waals surface area contributed by atoms with E-state index in [-0.39, 0.29) is 11.9 Å². The molecule has 1 saturated heterocycles. The van der Waals surface area contributed by atoms with Gasteiger partial charge in [-0.3, -0.25) is 9.48 Å². The van der Waals surface area contributed by atoms with E-state index in [1.54, 1.807) is 11.0 Å². The second-order valence-corrected chi connectivity index (χ2v) is 4.68. The Morgan fingerprint density at radius 3 is 3.06 bits per heavy atom. The van der Waals surface area contributed by atoms with Crippen molar-refractivity contribution in [3.05, 3.63) is 12.7 Å². The highest BCUT2D eigenvalue weighted by Crippen LogP contribution is 2.16. The number of amides is 1. The van der Waals surface area contributed by atoms with Gasteiger partial charge in [-0.1, -0.05) is 6.92 Å². The first-order valence-electron chi connectivity index (χ1n) is 6.02. The van der Waals surface area contributed by atoms with E-state index < -0.39 is 0 Å². The van der Waals surface area contributed by atoms with Crippen molar-refractivity contribution in [2.45, 2.75) is 32.4 Å². The van der Waals surface area contributed by atoms with E-state index >= 15 is 0 Å². The predicted molar refractivity (Wildman–Crippen MR) is 63.0 cm³/mol. The fraction of sp³-hybridized carbons (Fsp3) is 0.727. The summed E-state index contributed by atoms with van der Waals surface area (Å²) in [6, 6.07) is 0.110. The summed E-state index contributed by atoms with van der Waals surface area (Å²) in [4.78, 5) is 17.7. The number of piperidine rings is 1. The summed E-state index contributed by atoms with van der Waals surface area (Å²) in [5, 5.41) is 3.97. The number of hydrogen-bond acceptors (Lipinski definition) is 4. The van der Waals surface area contributed by atoms with Crippen LogP contribution in [0.5, 0.6) is 0 Å². The molecule has 2 rings (SSSR count). The Morgan fingerprint density at radius 1 is 1.59 bits per heavy atom. The Morgan fingerprint density at radius 2 is 2.41 bits per heavy atom. The highest BCUT2D eigenvalue weighted by atomic mass is 16.2. The highest BCUT2D eigenvalue weighted by molar-refractivity contribution is 5.76. The molecule has 0 aliphatic carbocycles. The quantitative estimate of drug-likeness (QED) is 0.794. The minimum absolute atomic E-state index is 0.110. The van der Waals surface area contributed by atoms with E-state index in [0.29, 0.717) is 25.4 Å². The molecule has 2 atom stereocenters. The smallest absolute Gasteiger partial charge is 0.224 e. The highest BCUT2D eigenvalue weighted by Gasteiger charge is 2.25. The number of aromatic nitrogens is 3. The molecular formula is C11H19N5O. The second kappa shape index (κ2) is 5.27. The van der Waals surface area contributed by atoms with Gasteiger partial charge in [-0.25, -0.2) is 4.98 Å². The molecule has 0 bridgehead atoms. The van der Waals surface area contributed by atoms with Gasteiger partial charge in [0.05, 0.1) is 6.54 Å². The Bertz CT molecular complexity index is 364. The largest absolute Gasteiger partial charge is 0.341 e. The molecule has 1 aromatic heterocycles. The number of carbonyl (C=O) groups excluding carboxylic acids is 1. The van der Waals surface area contributed by atoms with Crippen LogP contribution < -0.4 is 5.73 Å². The van der Waals surface area contributed by atoms with Crippen LogP contribution in [0.3, 0.4) is 0 Å². The number of carbonyl (C=O) groups is 1. The molecule has 6 heteroatoms. The molecule has 6 nitrogen and oxygen atoms in total. The normalized spacial score (nSPS) is 24.9. The van der Waals surface area contributed by atoms with Crippen molar-refractivity contribution >= 4 is 5.91 Å². The lowest BCUT2D eigenvalue weighted by Crippen LogP contribution is -2.49. The van der Waals surface area contributed by atoms with Crippen LogP contribution in [0.25, 0.3) is 0 Å². The maximum atomic E-state index is 12.0. The summed E-state index contributed by atoms with van der Waals surface area (Å²) in [5.74, 6) is 0.664. The number of hydrogen-bond donors (Lipinski definition) is 1. The Balaban J connectivity index is 1.80. The molecule has 94 valence electrons. The van der Waals surface area contributed by atoms with Crippen molar-refractivity contribution in [3.63, 3.8) is 0 Å². The van der Waals surface area contributed by atoms with Gasteiger partial charge in [0, 0.05) is 25.6 Å². The van der Waals surface area contributed by atoms with Gasteiger partial charge in [0.15, 0.2) is 0 Å². The third kappa shape index (κ3) is 3.03. The molecule has 1 amide bonds. The molecule has 1 fully saturated rings. The van der Waals surface area contributed by atoms with Crippen LogP contribution in [-0.2, 0) is 11.3 Å². The van der Waals surface area contributed by atoms with Crippen molar-refractivity contribution < 1.29 is 4.79 Å². The lowest BCUT2D eigenvalue weighted by molar-refractivity contribution is -0.133. The van der Waals surface area contributed by atoms with Crippen molar-refractivity contribution in [2.24, 2.45) is 11.7 Å². The van der Waals surface area contributed by atoms with E-state index in [0.717, 1.165) is 13.0 Å². The zero-order valence-corrected chi connectivity index (χ0v) is 10.1. The van der Waals surface area contributed by atoms with E-state index in [2.05, 4.69) is 17.0 Å². The average molecular weight is 237 g/mol. The van der Waals surface area contributed by atoms with Crippen molar-refractivity contribution in [1.82, 2.24) is 19.7 Å². The molecule has 0 spiro atoms. The summed E-state index contributed by atoms with van der Waals surface area (Å²) in [5.41, 5.74) is 5.98. The third-order valence-electron chi connectivity index (χ3n) is 3.39. The van der Waals surface area contributed by atoms with E-state index in [1.165, 1.54) is 6.33 Å². The Kier molecular flexibility index (Phi) is 3.73. The van der Waals surface area contributed by atoms with Crippen molar-refractivity contribution in [3.8, 4) is 0 Å². The van der Waals surface area contributed by atoms with Crippen LogP contribution in [-0.4, -0.2) is 44.7 Å². The SMILES string of the molecule is CC1CCN(C(=O)CCn2cncn2)CC1N. The summed E-state index contributed by atoms with van der Waals surface area (Å²) >= 11 is 0. The second-order valence-electron chi connectivity index (χ2n) is 4.68. The number of likely N-dealkylation sites (tertiary alicyclic amines) is 1. The topological polar surface area (TPSA) is 77.0 Å². The van der Waals surface area contributed by atoms with Crippen LogP contribution in [0.15, 0.2) is 12.7 Å². The van der Waals surface area contributed by atoms with Crippen LogP contribution in [0.1, 0.15) is 19.8 Å². The third-order valence-corrected chi connectivity index (χ3v) is 3.39. The maximum absolute atomic E-state index is 12.0. The van der Waals surface area contributed by atoms with Gasteiger partial charge in [0.25, 0.3) is 0 Å². The number of aryl methyl sites for hydroxylation is 1. The monoisotopic (exact) mass is 237 g/mol. The number of nitrogens with two attached hydrogens (primary N) is 1. The zero-order chi connectivity index (χ0) is 12.3. The molecule has 17 heavy (non-hydrogen) atoms. The van der Waals surface area contributed by atoms with Crippen molar-refractivity contribution in [1.29, 1.82) is 0 Å². The van der Waals surface area contributed by atoms with Crippen LogP contribution in [0, 0.1) is 5.92 Å². The van der Waals surface area contributed by atoms with Gasteiger partial charge in [-0.05, 0) is 12.3 Å². The zero-order valence-electron chi connectivity index (χ0n) is 10.1. The average Bonchev–Trinajstić information content (AvgIpc) is 2.82. The molecule has 0 aromatic carbocycles. The molecule has 2 unspecified atom stereocenters. The molecule has 1 aromatic rings. The molecule has 1 aliphatic rings. The molecule has 0 radical (unpaired) electrons. The van der Waals surface area contributed by atoms with Crippen LogP contribution in [0.2, 0.25) is 0 Å². The molecular weight excluding hydrogens is 218 g/mol. The summed E-state index contributed by atoms with van der Waals surface area (Å²) < 4.78 is 1.67. The lowest BCUT2D eigenvalue weighted by atomic mass is 9.94. The number of nitrogens with zero attached hydrogens (tertiary/aromatic N) is 4. The first-order valence-corrected chi connectivity index (χ1v) is 6.02. The number of rotatable bonds is 3. The van der Waals surface area contributed by atoms with E-state index in [9.17, 15) is 4.79 Å². The van der Waals surface area contributed by atoms with Gasteiger partial charge in [0.2, 0.25) is 5.91 Å². The maximum Gasteiger partial charge on any atom is 0.224 e. The molecule has 0 saturated carbocycles. The fourth-order valence-corrected chi connectivity index (χ4v) is 2.04. The summed E-state index contributed by atoms with van der Waals surface area (Å²) in [7, 11) is 0. The minimum Gasteiger partial charge on any atom is -0.341 e. The Labute approximate surface area is 101 Å². The lowest BCUT2D eigenvalue weighted by Gasteiger charge is -2.35. The van der Waals surface area contributed by atoms with Gasteiger partial charge in [0.1, 0.15) is 12.7 Å². The molecule has 2 heterocycles. The first-order chi connectivity index (χ1) is 8.16. The van der Waals surface area contributed by atoms with Crippen molar-refractivity contribution in [2.75, 3.05) is 13.1 Å². The van der Waals surface area contributed by atoms with Crippen LogP contribution >= 0.6 is 0 Å². The van der Waals surface area contributed by atoms with Gasteiger partial charge < -0.3 is 10.6 Å². The Hall–Kier alpha value is -1.43. The molecule has 1 aliphatic heterocycles.